The second-order valence-corrected chi connectivity index (χ2v) is 8.02. The zero-order chi connectivity index (χ0) is 24.1. The summed E-state index contributed by atoms with van der Waals surface area (Å²) < 4.78 is 5.48. The van der Waals surface area contributed by atoms with E-state index in [2.05, 4.69) is 44.9 Å². The molecular weight excluding hydrogens is 436 g/mol. The van der Waals surface area contributed by atoms with Gasteiger partial charge in [-0.3, -0.25) is 9.59 Å². The molecule has 3 aromatic rings. The van der Waals surface area contributed by atoms with E-state index in [4.69, 9.17) is 9.84 Å². The summed E-state index contributed by atoms with van der Waals surface area (Å²) in [5.74, 6) is -1.89. The van der Waals surface area contributed by atoms with E-state index < -0.39 is 23.9 Å². The van der Waals surface area contributed by atoms with Crippen LogP contribution in [0.25, 0.3) is 11.1 Å². The van der Waals surface area contributed by atoms with Crippen LogP contribution in [0.2, 0.25) is 0 Å². The fourth-order valence-electron chi connectivity index (χ4n) is 3.80. The van der Waals surface area contributed by atoms with Gasteiger partial charge in [0.15, 0.2) is 0 Å². The van der Waals surface area contributed by atoms with Gasteiger partial charge in [-0.1, -0.05) is 55.5 Å². The van der Waals surface area contributed by atoms with E-state index in [1.807, 2.05) is 24.3 Å². The highest BCUT2D eigenvalue weighted by molar-refractivity contribution is 5.93. The standard InChI is InChI=1S/C25H24N4O5/c1-15(24(31)32)10-28-23(30)16-11-26-22(27-12-16)13-29-25(33)34-14-21-19-8-4-2-6-17(19)18-7-3-5-9-20(18)21/h2-9,11-12,15,21H,10,13-14H2,1H3,(H,28,30)(H,29,33)(H,31,32). The lowest BCUT2D eigenvalue weighted by Gasteiger charge is -2.14. The van der Waals surface area contributed by atoms with Gasteiger partial charge in [0.25, 0.3) is 5.91 Å². The Labute approximate surface area is 196 Å². The Morgan fingerprint density at radius 2 is 1.56 bits per heavy atom. The molecule has 3 N–H and O–H groups in total. The molecule has 1 heterocycles. The number of fused-ring (bicyclic) bond motifs is 3. The monoisotopic (exact) mass is 460 g/mol. The lowest BCUT2D eigenvalue weighted by Crippen LogP contribution is -2.31. The molecule has 1 aromatic heterocycles. The number of hydrogen-bond acceptors (Lipinski definition) is 6. The lowest BCUT2D eigenvalue weighted by molar-refractivity contribution is -0.140. The van der Waals surface area contributed by atoms with Gasteiger partial charge in [-0.15, -0.1) is 0 Å². The van der Waals surface area contributed by atoms with Crippen molar-refractivity contribution in [2.45, 2.75) is 19.4 Å². The number of ether oxygens (including phenoxy) is 1. The van der Waals surface area contributed by atoms with E-state index in [0.717, 1.165) is 22.3 Å². The molecule has 1 unspecified atom stereocenters. The van der Waals surface area contributed by atoms with E-state index >= 15 is 0 Å². The van der Waals surface area contributed by atoms with Crippen LogP contribution in [0, 0.1) is 5.92 Å². The third-order valence-electron chi connectivity index (χ3n) is 5.69. The molecule has 0 radical (unpaired) electrons. The highest BCUT2D eigenvalue weighted by atomic mass is 16.5. The first-order valence-corrected chi connectivity index (χ1v) is 10.8. The number of carboxylic acids is 1. The maximum atomic E-state index is 12.3. The van der Waals surface area contributed by atoms with Gasteiger partial charge in [0.05, 0.1) is 18.0 Å². The zero-order valence-corrected chi connectivity index (χ0v) is 18.5. The Bertz CT molecular complexity index is 1170. The van der Waals surface area contributed by atoms with Crippen LogP contribution < -0.4 is 10.6 Å². The summed E-state index contributed by atoms with van der Waals surface area (Å²) in [6.07, 6.45) is 2.06. The first-order chi connectivity index (χ1) is 16.4. The molecule has 0 aliphatic heterocycles. The van der Waals surface area contributed by atoms with E-state index in [1.165, 1.54) is 19.3 Å². The molecule has 0 bridgehead atoms. The van der Waals surface area contributed by atoms with Gasteiger partial charge in [0.2, 0.25) is 0 Å². The lowest BCUT2D eigenvalue weighted by atomic mass is 9.98. The summed E-state index contributed by atoms with van der Waals surface area (Å²) in [5.41, 5.74) is 4.77. The van der Waals surface area contributed by atoms with E-state index in [0.29, 0.717) is 5.82 Å². The highest BCUT2D eigenvalue weighted by Gasteiger charge is 2.29. The number of hydrogen-bond donors (Lipinski definition) is 3. The number of carboxylic acid groups (broad SMARTS) is 1. The number of nitrogens with one attached hydrogen (secondary N) is 2. The zero-order valence-electron chi connectivity index (χ0n) is 18.5. The van der Waals surface area contributed by atoms with Gasteiger partial charge in [-0.2, -0.15) is 0 Å². The minimum absolute atomic E-state index is 0.000736. The Hall–Kier alpha value is -4.27. The molecule has 0 fully saturated rings. The Morgan fingerprint density at radius 1 is 0.971 bits per heavy atom. The number of rotatable bonds is 8. The number of amides is 2. The van der Waals surface area contributed by atoms with Gasteiger partial charge < -0.3 is 20.5 Å². The molecule has 34 heavy (non-hydrogen) atoms. The molecule has 2 amide bonds. The quantitative estimate of drug-likeness (QED) is 0.471. The van der Waals surface area contributed by atoms with E-state index in [9.17, 15) is 14.4 Å². The molecular formula is C25H24N4O5. The van der Waals surface area contributed by atoms with Crippen molar-refractivity contribution in [1.29, 1.82) is 0 Å². The van der Waals surface area contributed by atoms with Crippen LogP contribution in [0.4, 0.5) is 4.79 Å². The number of carbonyl (C=O) groups excluding carboxylic acids is 2. The van der Waals surface area contributed by atoms with Crippen LogP contribution in [-0.4, -0.2) is 46.2 Å². The number of nitrogens with zero attached hydrogens (tertiary/aromatic N) is 2. The van der Waals surface area contributed by atoms with Crippen LogP contribution in [0.3, 0.4) is 0 Å². The summed E-state index contributed by atoms with van der Waals surface area (Å²) in [6, 6.07) is 16.2. The minimum Gasteiger partial charge on any atom is -0.481 e. The minimum atomic E-state index is -0.994. The number of aliphatic carboxylic acids is 1. The molecule has 9 nitrogen and oxygen atoms in total. The van der Waals surface area contributed by atoms with Gasteiger partial charge in [0.1, 0.15) is 12.4 Å². The Balaban J connectivity index is 1.28. The van der Waals surface area contributed by atoms with E-state index in [-0.39, 0.29) is 31.2 Å². The van der Waals surface area contributed by atoms with Crippen LogP contribution in [0.15, 0.2) is 60.9 Å². The Kier molecular flexibility index (Phi) is 6.82. The molecule has 1 atom stereocenters. The third-order valence-corrected chi connectivity index (χ3v) is 5.69. The first kappa shape index (κ1) is 22.9. The average molecular weight is 460 g/mol. The Morgan fingerprint density at radius 3 is 2.15 bits per heavy atom. The molecule has 0 saturated heterocycles. The van der Waals surface area contributed by atoms with Crippen LogP contribution in [0.1, 0.15) is 40.2 Å². The van der Waals surface area contributed by atoms with Crippen molar-refractivity contribution in [3.8, 4) is 11.1 Å². The highest BCUT2D eigenvalue weighted by Crippen LogP contribution is 2.44. The molecule has 2 aromatic carbocycles. The molecule has 9 heteroatoms. The molecule has 174 valence electrons. The number of aromatic nitrogens is 2. The fourth-order valence-corrected chi connectivity index (χ4v) is 3.80. The van der Waals surface area contributed by atoms with Crippen molar-refractivity contribution in [3.63, 3.8) is 0 Å². The van der Waals surface area contributed by atoms with Crippen molar-refractivity contribution in [3.05, 3.63) is 83.4 Å². The van der Waals surface area contributed by atoms with Crippen molar-refractivity contribution >= 4 is 18.0 Å². The summed E-state index contributed by atoms with van der Waals surface area (Å²) >= 11 is 0. The van der Waals surface area contributed by atoms with Crippen LogP contribution >= 0.6 is 0 Å². The topological polar surface area (TPSA) is 131 Å². The summed E-state index contributed by atoms with van der Waals surface area (Å²) in [7, 11) is 0. The van der Waals surface area contributed by atoms with Gasteiger partial charge in [0, 0.05) is 24.9 Å². The van der Waals surface area contributed by atoms with Crippen molar-refractivity contribution in [1.82, 2.24) is 20.6 Å². The predicted molar refractivity (Wildman–Crippen MR) is 123 cm³/mol. The second kappa shape index (κ2) is 10.1. The average Bonchev–Trinajstić information content (AvgIpc) is 3.18. The third kappa shape index (κ3) is 5.03. The summed E-state index contributed by atoms with van der Waals surface area (Å²) in [6.45, 7) is 1.74. The number of benzene rings is 2. The van der Waals surface area contributed by atoms with Crippen molar-refractivity contribution < 1.29 is 24.2 Å². The molecule has 4 rings (SSSR count). The molecule has 1 aliphatic carbocycles. The van der Waals surface area contributed by atoms with Crippen LogP contribution in [-0.2, 0) is 16.1 Å². The van der Waals surface area contributed by atoms with Crippen molar-refractivity contribution in [2.24, 2.45) is 5.92 Å². The first-order valence-electron chi connectivity index (χ1n) is 10.8. The molecule has 0 spiro atoms. The SMILES string of the molecule is CC(CNC(=O)c1cnc(CNC(=O)OCC2c3ccccc3-c3ccccc32)nc1)C(=O)O. The largest absolute Gasteiger partial charge is 0.481 e. The predicted octanol–water partition coefficient (Wildman–Crippen LogP) is 2.97. The van der Waals surface area contributed by atoms with Crippen molar-refractivity contribution in [2.75, 3.05) is 13.2 Å². The number of alkyl carbamates (subject to hydrolysis) is 1. The van der Waals surface area contributed by atoms with Gasteiger partial charge >= 0.3 is 12.1 Å². The second-order valence-electron chi connectivity index (χ2n) is 8.02. The normalized spacial score (nSPS) is 12.9. The fraction of sp³-hybridized carbons (Fsp3) is 0.240. The maximum absolute atomic E-state index is 12.3. The van der Waals surface area contributed by atoms with E-state index in [1.54, 1.807) is 0 Å². The van der Waals surface area contributed by atoms with Gasteiger partial charge in [-0.05, 0) is 22.3 Å². The van der Waals surface area contributed by atoms with Gasteiger partial charge in [-0.25, -0.2) is 14.8 Å². The summed E-state index contributed by atoms with van der Waals surface area (Å²) in [5, 5.41) is 14.0. The maximum Gasteiger partial charge on any atom is 0.407 e. The van der Waals surface area contributed by atoms with Crippen LogP contribution in [0.5, 0.6) is 0 Å². The molecule has 0 saturated carbocycles. The number of carbonyl (C=O) groups is 3. The molecule has 1 aliphatic rings. The summed E-state index contributed by atoms with van der Waals surface area (Å²) in [4.78, 5) is 43.3. The smallest absolute Gasteiger partial charge is 0.407 e.